The van der Waals surface area contributed by atoms with Crippen molar-refractivity contribution in [1.82, 2.24) is 14.7 Å². The third kappa shape index (κ3) is 4.71. The van der Waals surface area contributed by atoms with E-state index in [-0.39, 0.29) is 19.0 Å². The molecule has 0 unspecified atom stereocenters. The third-order valence-electron chi connectivity index (χ3n) is 4.55. The Morgan fingerprint density at radius 3 is 2.45 bits per heavy atom. The summed E-state index contributed by atoms with van der Waals surface area (Å²) in [6, 6.07) is 8.26. The van der Waals surface area contributed by atoms with Crippen molar-refractivity contribution in [2.45, 2.75) is 40.8 Å². The lowest BCUT2D eigenvalue weighted by molar-refractivity contribution is 0.0474. The number of hydrogen-bond acceptors (Lipinski definition) is 7. The quantitative estimate of drug-likeness (QED) is 0.424. The normalized spacial score (nSPS) is 10.8. The van der Waals surface area contributed by atoms with Crippen LogP contribution in [0.3, 0.4) is 0 Å². The molecular weight excluding hydrogens is 374 g/mol. The van der Waals surface area contributed by atoms with Crippen LogP contribution in [0.1, 0.15) is 50.7 Å². The summed E-state index contributed by atoms with van der Waals surface area (Å²) in [5.41, 5.74) is 2.80. The van der Waals surface area contributed by atoms with Crippen LogP contribution in [0.2, 0.25) is 0 Å². The Kier molecular flexibility index (Phi) is 6.11. The molecule has 0 saturated carbocycles. The maximum atomic E-state index is 12.4. The van der Waals surface area contributed by atoms with Gasteiger partial charge in [0.1, 0.15) is 5.75 Å². The van der Waals surface area contributed by atoms with Crippen molar-refractivity contribution >= 4 is 11.8 Å². The van der Waals surface area contributed by atoms with E-state index in [2.05, 4.69) is 10.1 Å². The molecule has 0 spiro atoms. The van der Waals surface area contributed by atoms with Crippen LogP contribution in [0.25, 0.3) is 0 Å². The molecule has 0 aliphatic carbocycles. The molecule has 0 radical (unpaired) electrons. The molecule has 0 bridgehead atoms. The van der Waals surface area contributed by atoms with Gasteiger partial charge < -0.3 is 18.6 Å². The number of rotatable bonds is 8. The predicted molar refractivity (Wildman–Crippen MR) is 104 cm³/mol. The number of esters is 1. The van der Waals surface area contributed by atoms with Crippen LogP contribution in [-0.4, -0.2) is 33.1 Å². The minimum Gasteiger partial charge on any atom is -0.485 e. The van der Waals surface area contributed by atoms with E-state index in [1.807, 2.05) is 31.4 Å². The number of ether oxygens (including phenoxy) is 2. The van der Waals surface area contributed by atoms with E-state index in [1.54, 1.807) is 31.2 Å². The summed E-state index contributed by atoms with van der Waals surface area (Å²) in [6.07, 6.45) is 0. The van der Waals surface area contributed by atoms with Crippen LogP contribution in [0, 0.1) is 20.8 Å². The Morgan fingerprint density at radius 1 is 1.14 bits per heavy atom. The Bertz CT molecular complexity index is 1020. The fraction of sp³-hybridized carbons (Fsp3) is 0.333. The number of aromatic nitrogens is 3. The maximum absolute atomic E-state index is 12.4. The van der Waals surface area contributed by atoms with Gasteiger partial charge in [-0.25, -0.2) is 4.79 Å². The van der Waals surface area contributed by atoms with E-state index >= 15 is 0 Å². The summed E-state index contributed by atoms with van der Waals surface area (Å²) < 4.78 is 17.6. The molecule has 0 amide bonds. The maximum Gasteiger partial charge on any atom is 0.338 e. The average molecular weight is 397 g/mol. The second-order valence-corrected chi connectivity index (χ2v) is 6.57. The van der Waals surface area contributed by atoms with E-state index in [1.165, 1.54) is 0 Å². The van der Waals surface area contributed by atoms with Crippen molar-refractivity contribution in [3.05, 3.63) is 64.6 Å². The van der Waals surface area contributed by atoms with Gasteiger partial charge in [-0.05, 0) is 51.1 Å². The zero-order chi connectivity index (χ0) is 21.0. The molecule has 1 aromatic carbocycles. The SMILES string of the molecule is CCn1c(C)cc(C(=O)COC(=O)c2ccc(OCc3noc(C)n3)cc2)c1C. The van der Waals surface area contributed by atoms with Gasteiger partial charge in [0.2, 0.25) is 17.5 Å². The lowest BCUT2D eigenvalue weighted by atomic mass is 10.1. The van der Waals surface area contributed by atoms with Gasteiger partial charge in [-0.2, -0.15) is 4.98 Å². The standard InChI is InChI=1S/C21H23N3O5/c1-5-24-13(2)10-18(14(24)3)19(25)11-28-21(26)16-6-8-17(9-7-16)27-12-20-22-15(4)29-23-20/h6-10H,5,11-12H2,1-4H3. The van der Waals surface area contributed by atoms with Gasteiger partial charge in [0, 0.05) is 30.4 Å². The van der Waals surface area contributed by atoms with E-state index < -0.39 is 5.97 Å². The minimum atomic E-state index is -0.567. The summed E-state index contributed by atoms with van der Waals surface area (Å²) in [4.78, 5) is 28.7. The first kappa shape index (κ1) is 20.3. The van der Waals surface area contributed by atoms with Crippen LogP contribution in [0.4, 0.5) is 0 Å². The molecule has 8 heteroatoms. The van der Waals surface area contributed by atoms with Gasteiger partial charge in [0.15, 0.2) is 13.2 Å². The number of carbonyl (C=O) groups is 2. The van der Waals surface area contributed by atoms with E-state index in [4.69, 9.17) is 14.0 Å². The lowest BCUT2D eigenvalue weighted by Crippen LogP contribution is -2.15. The second kappa shape index (κ2) is 8.72. The van der Waals surface area contributed by atoms with Crippen LogP contribution < -0.4 is 4.74 Å². The van der Waals surface area contributed by atoms with E-state index in [0.717, 1.165) is 17.9 Å². The first-order valence-corrected chi connectivity index (χ1v) is 9.28. The van der Waals surface area contributed by atoms with Crippen LogP contribution >= 0.6 is 0 Å². The highest BCUT2D eigenvalue weighted by Gasteiger charge is 2.17. The third-order valence-corrected chi connectivity index (χ3v) is 4.55. The first-order chi connectivity index (χ1) is 13.9. The van der Waals surface area contributed by atoms with Gasteiger partial charge in [0.05, 0.1) is 5.56 Å². The molecule has 0 fully saturated rings. The summed E-state index contributed by atoms with van der Waals surface area (Å²) in [7, 11) is 0. The summed E-state index contributed by atoms with van der Waals surface area (Å²) >= 11 is 0. The smallest absolute Gasteiger partial charge is 0.338 e. The highest BCUT2D eigenvalue weighted by Crippen LogP contribution is 2.17. The highest BCUT2D eigenvalue weighted by molar-refractivity contribution is 6.00. The van der Waals surface area contributed by atoms with Crippen LogP contribution in [0.15, 0.2) is 34.9 Å². The minimum absolute atomic E-state index is 0.159. The topological polar surface area (TPSA) is 96.5 Å². The lowest BCUT2D eigenvalue weighted by Gasteiger charge is -2.07. The number of aryl methyl sites for hydroxylation is 2. The second-order valence-electron chi connectivity index (χ2n) is 6.57. The Hall–Kier alpha value is -3.42. The molecule has 0 aliphatic heterocycles. The summed E-state index contributed by atoms with van der Waals surface area (Å²) in [5.74, 6) is 0.663. The van der Waals surface area contributed by atoms with E-state index in [9.17, 15) is 9.59 Å². The molecule has 3 rings (SSSR count). The van der Waals surface area contributed by atoms with E-state index in [0.29, 0.717) is 28.6 Å². The molecule has 3 aromatic rings. The van der Waals surface area contributed by atoms with Crippen molar-refractivity contribution in [3.8, 4) is 5.75 Å². The van der Waals surface area contributed by atoms with Crippen molar-refractivity contribution in [2.24, 2.45) is 0 Å². The number of carbonyl (C=O) groups excluding carboxylic acids is 2. The predicted octanol–water partition coefficient (Wildman–Crippen LogP) is 3.43. The molecule has 0 saturated heterocycles. The van der Waals surface area contributed by atoms with Gasteiger partial charge in [-0.1, -0.05) is 5.16 Å². The van der Waals surface area contributed by atoms with Crippen molar-refractivity contribution < 1.29 is 23.6 Å². The van der Waals surface area contributed by atoms with Gasteiger partial charge in [0.25, 0.3) is 0 Å². The van der Waals surface area contributed by atoms with Crippen LogP contribution in [-0.2, 0) is 17.9 Å². The zero-order valence-corrected chi connectivity index (χ0v) is 16.9. The largest absolute Gasteiger partial charge is 0.485 e. The van der Waals surface area contributed by atoms with Gasteiger partial charge >= 0.3 is 5.97 Å². The first-order valence-electron chi connectivity index (χ1n) is 9.28. The monoisotopic (exact) mass is 397 g/mol. The molecule has 152 valence electrons. The van der Waals surface area contributed by atoms with Crippen molar-refractivity contribution in [1.29, 1.82) is 0 Å². The summed E-state index contributed by atoms with van der Waals surface area (Å²) in [5, 5.41) is 3.74. The highest BCUT2D eigenvalue weighted by atomic mass is 16.5. The molecular formula is C21H23N3O5. The Labute approximate surface area is 168 Å². The fourth-order valence-corrected chi connectivity index (χ4v) is 3.10. The zero-order valence-electron chi connectivity index (χ0n) is 16.9. The molecule has 8 nitrogen and oxygen atoms in total. The number of benzene rings is 1. The molecule has 29 heavy (non-hydrogen) atoms. The van der Waals surface area contributed by atoms with Gasteiger partial charge in [-0.15, -0.1) is 0 Å². The number of Topliss-reactive ketones (excluding diaryl/α,β-unsaturated/α-hetero) is 1. The Balaban J connectivity index is 1.54. The number of hydrogen-bond donors (Lipinski definition) is 0. The van der Waals surface area contributed by atoms with Crippen LogP contribution in [0.5, 0.6) is 5.75 Å². The Morgan fingerprint density at radius 2 is 1.86 bits per heavy atom. The molecule has 2 heterocycles. The molecule has 2 aromatic heterocycles. The average Bonchev–Trinajstić information content (AvgIpc) is 3.26. The summed E-state index contributed by atoms with van der Waals surface area (Å²) in [6.45, 7) is 8.19. The van der Waals surface area contributed by atoms with Gasteiger partial charge in [-0.3, -0.25) is 4.79 Å². The number of ketones is 1. The van der Waals surface area contributed by atoms with Crippen molar-refractivity contribution in [3.63, 3.8) is 0 Å². The number of nitrogens with zero attached hydrogens (tertiary/aromatic N) is 3. The van der Waals surface area contributed by atoms with Crippen molar-refractivity contribution in [2.75, 3.05) is 6.61 Å². The molecule has 0 N–H and O–H groups in total. The molecule has 0 atom stereocenters. The fourth-order valence-electron chi connectivity index (χ4n) is 3.10. The molecule has 0 aliphatic rings.